The van der Waals surface area contributed by atoms with Crippen molar-refractivity contribution >= 4 is 23.3 Å². The third kappa shape index (κ3) is 6.84. The van der Waals surface area contributed by atoms with Gasteiger partial charge < -0.3 is 53.0 Å². The molecule has 14 atom stereocenters. The van der Waals surface area contributed by atoms with Gasteiger partial charge in [-0.05, 0) is 52.9 Å². The number of hydrogen-bond acceptors (Lipinski definition) is 15. The second-order valence-corrected chi connectivity index (χ2v) is 16.4. The van der Waals surface area contributed by atoms with Crippen molar-refractivity contribution in [2.24, 2.45) is 0 Å². The van der Waals surface area contributed by atoms with Crippen LogP contribution in [0.3, 0.4) is 0 Å². The molecule has 0 radical (unpaired) electrons. The molecule has 0 aromatic heterocycles. The lowest BCUT2D eigenvalue weighted by Crippen LogP contribution is -2.62. The number of fused-ring (bicyclic) bond motifs is 5. The van der Waals surface area contributed by atoms with Crippen molar-refractivity contribution in [2.75, 3.05) is 21.2 Å². The number of aliphatic hydroxyl groups is 1. The highest BCUT2D eigenvalue weighted by Gasteiger charge is 2.54. The molecule has 8 rings (SSSR count). The van der Waals surface area contributed by atoms with Crippen LogP contribution in [-0.4, -0.2) is 133 Å². The molecule has 4 heterocycles. The predicted octanol–water partition coefficient (Wildman–Crippen LogP) is 3.47. The largest absolute Gasteiger partial charge is 0.507 e. The van der Waals surface area contributed by atoms with Crippen molar-refractivity contribution < 1.29 is 67.3 Å². The number of aromatic hydroxyl groups is 1. The molecule has 57 heavy (non-hydrogen) atoms. The van der Waals surface area contributed by atoms with Gasteiger partial charge in [0.05, 0.1) is 42.7 Å². The van der Waals surface area contributed by atoms with Crippen LogP contribution >= 0.6 is 0 Å². The number of nitrogens with zero attached hydrogens (tertiary/aromatic N) is 1. The van der Waals surface area contributed by atoms with E-state index in [0.29, 0.717) is 12.8 Å². The van der Waals surface area contributed by atoms with Gasteiger partial charge in [0, 0.05) is 54.0 Å². The van der Waals surface area contributed by atoms with Gasteiger partial charge in [0.2, 0.25) is 0 Å². The van der Waals surface area contributed by atoms with E-state index in [0.717, 1.165) is 0 Å². The maximum Gasteiger partial charge on any atom is 0.316 e. The Labute approximate surface area is 330 Å². The van der Waals surface area contributed by atoms with Gasteiger partial charge in [0.15, 0.2) is 36.2 Å². The Kier molecular flexibility index (Phi) is 10.7. The van der Waals surface area contributed by atoms with E-state index in [2.05, 4.69) is 0 Å². The van der Waals surface area contributed by atoms with E-state index in [1.807, 2.05) is 32.8 Å². The number of carbonyl (C=O) groups excluding carboxylic acids is 4. The normalized spacial score (nSPS) is 38.8. The second-order valence-electron chi connectivity index (χ2n) is 16.4. The summed E-state index contributed by atoms with van der Waals surface area (Å²) in [4.78, 5) is 55.5. The minimum atomic E-state index is -1.70. The Morgan fingerprint density at radius 3 is 2.26 bits per heavy atom. The van der Waals surface area contributed by atoms with Crippen LogP contribution in [0.1, 0.15) is 115 Å². The molecule has 2 aromatic rings. The highest BCUT2D eigenvalue weighted by molar-refractivity contribution is 6.29. The maximum atomic E-state index is 13.9. The van der Waals surface area contributed by atoms with Crippen LogP contribution < -0.4 is 0 Å². The number of likely N-dealkylation sites (N-methyl/N-ethyl adjacent to an activating group) is 1. The molecule has 4 fully saturated rings. The summed E-state index contributed by atoms with van der Waals surface area (Å²) in [6.45, 7) is 7.19. The SMILES string of the molecule is CCC1(O)CC(OC2CC(N(C)C)C(OC3CC4OC5CC(=O)C(C)OC5OC4C(C)O3)C(C)O2)c2c(cc3c(c2O)C(=O)c2ccccc2C3=O)C1C(=O)OC. The first-order valence-electron chi connectivity index (χ1n) is 19.8. The third-order valence-electron chi connectivity index (χ3n) is 12.7. The lowest BCUT2D eigenvalue weighted by atomic mass is 9.67. The number of phenols is 1. The standard InChI is InChI=1S/C42H51NO14/c1-8-42(49)17-29(32-23(34(42)40(48)50-7)13-24-33(37(32)47)36(46)22-12-10-9-11-21(22)35(24)45)55-30-14-25(43(5)6)38(19(3)51-30)56-31-16-27-39(20(4)52-31)57-41-28(54-27)15-26(44)18(2)53-41/h9-13,18-20,25,27-31,34,38-39,41,47,49H,8,14-17H2,1-7H3. The second kappa shape index (κ2) is 15.2. The quantitative estimate of drug-likeness (QED) is 0.331. The van der Waals surface area contributed by atoms with Crippen LogP contribution in [0.4, 0.5) is 0 Å². The van der Waals surface area contributed by atoms with Crippen LogP contribution in [0.25, 0.3) is 0 Å². The van der Waals surface area contributed by atoms with E-state index in [-0.39, 0.29) is 70.6 Å². The van der Waals surface area contributed by atoms with Crippen molar-refractivity contribution in [3.05, 3.63) is 63.7 Å². The van der Waals surface area contributed by atoms with E-state index in [1.165, 1.54) is 19.2 Å². The molecule has 2 N–H and O–H groups in total. The average Bonchev–Trinajstić information content (AvgIpc) is 3.17. The fraction of sp³-hybridized carbons (Fsp3) is 0.619. The number of ether oxygens (including phenoxy) is 8. The number of carbonyl (C=O) groups is 4. The first kappa shape index (κ1) is 40.2. The van der Waals surface area contributed by atoms with E-state index < -0.39 is 96.4 Å². The molecule has 15 nitrogen and oxygen atoms in total. The Morgan fingerprint density at radius 2 is 1.58 bits per heavy atom. The molecule has 4 aliphatic heterocycles. The minimum absolute atomic E-state index is 0.0340. The number of phenolic OH excluding ortho intramolecular Hbond substituents is 1. The molecule has 0 bridgehead atoms. The highest BCUT2D eigenvalue weighted by atomic mass is 16.8. The van der Waals surface area contributed by atoms with Gasteiger partial charge in [0.1, 0.15) is 36.1 Å². The number of rotatable bonds is 7. The van der Waals surface area contributed by atoms with E-state index in [4.69, 9.17) is 37.9 Å². The average molecular weight is 794 g/mol. The van der Waals surface area contributed by atoms with Gasteiger partial charge in [-0.2, -0.15) is 0 Å². The van der Waals surface area contributed by atoms with Crippen LogP contribution in [0.5, 0.6) is 5.75 Å². The summed E-state index contributed by atoms with van der Waals surface area (Å²) >= 11 is 0. The van der Waals surface area contributed by atoms with Crippen molar-refractivity contribution in [1.82, 2.24) is 4.90 Å². The van der Waals surface area contributed by atoms with Crippen molar-refractivity contribution in [3.63, 3.8) is 0 Å². The highest BCUT2D eigenvalue weighted by Crippen LogP contribution is 2.54. The minimum Gasteiger partial charge on any atom is -0.507 e. The molecule has 308 valence electrons. The lowest BCUT2D eigenvalue weighted by molar-refractivity contribution is -0.371. The van der Waals surface area contributed by atoms with Crippen LogP contribution in [0.15, 0.2) is 30.3 Å². The zero-order valence-corrected chi connectivity index (χ0v) is 33.2. The first-order chi connectivity index (χ1) is 27.1. The molecule has 2 aliphatic carbocycles. The molecular weight excluding hydrogens is 742 g/mol. The maximum absolute atomic E-state index is 13.9. The van der Waals surface area contributed by atoms with Gasteiger partial charge in [-0.15, -0.1) is 0 Å². The summed E-state index contributed by atoms with van der Waals surface area (Å²) in [6.07, 6.45) is -5.73. The molecule has 6 aliphatic rings. The number of ketones is 3. The molecule has 0 amide bonds. The summed E-state index contributed by atoms with van der Waals surface area (Å²) in [5.74, 6) is -3.58. The molecule has 14 unspecified atom stereocenters. The summed E-state index contributed by atoms with van der Waals surface area (Å²) in [5, 5.41) is 24.1. The lowest BCUT2D eigenvalue weighted by Gasteiger charge is -2.51. The summed E-state index contributed by atoms with van der Waals surface area (Å²) in [7, 11) is 5.04. The van der Waals surface area contributed by atoms with Crippen molar-refractivity contribution in [2.45, 2.75) is 145 Å². The Bertz CT molecular complexity index is 1950. The van der Waals surface area contributed by atoms with Gasteiger partial charge in [0.25, 0.3) is 0 Å². The molecular formula is C42H51NO14. The molecule has 0 spiro atoms. The van der Waals surface area contributed by atoms with Gasteiger partial charge in [-0.1, -0.05) is 31.2 Å². The van der Waals surface area contributed by atoms with Crippen LogP contribution in [0.2, 0.25) is 0 Å². The molecule has 2 aromatic carbocycles. The summed E-state index contributed by atoms with van der Waals surface area (Å²) < 4.78 is 49.7. The smallest absolute Gasteiger partial charge is 0.316 e. The Morgan fingerprint density at radius 1 is 0.895 bits per heavy atom. The third-order valence-corrected chi connectivity index (χ3v) is 12.7. The fourth-order valence-corrected chi connectivity index (χ4v) is 9.63. The Hall–Kier alpha value is -3.64. The Balaban J connectivity index is 1.05. The summed E-state index contributed by atoms with van der Waals surface area (Å²) in [5.41, 5.74) is -1.35. The zero-order chi connectivity index (χ0) is 40.7. The van der Waals surface area contributed by atoms with E-state index in [1.54, 1.807) is 32.0 Å². The predicted molar refractivity (Wildman–Crippen MR) is 198 cm³/mol. The van der Waals surface area contributed by atoms with Crippen molar-refractivity contribution in [3.8, 4) is 5.75 Å². The molecule has 4 saturated heterocycles. The van der Waals surface area contributed by atoms with Gasteiger partial charge >= 0.3 is 5.97 Å². The number of hydrogen-bond donors (Lipinski definition) is 2. The van der Waals surface area contributed by atoms with E-state index in [9.17, 15) is 29.4 Å². The number of esters is 1. The number of benzene rings is 2. The van der Waals surface area contributed by atoms with Crippen LogP contribution in [0, 0.1) is 0 Å². The number of methoxy groups -OCH3 is 1. The summed E-state index contributed by atoms with van der Waals surface area (Å²) in [6, 6.07) is 7.53. The van der Waals surface area contributed by atoms with E-state index >= 15 is 0 Å². The monoisotopic (exact) mass is 793 g/mol. The van der Waals surface area contributed by atoms with Gasteiger partial charge in [-0.25, -0.2) is 0 Å². The molecule has 15 heteroatoms. The molecule has 0 saturated carbocycles. The van der Waals surface area contributed by atoms with Crippen LogP contribution in [-0.2, 0) is 47.5 Å². The first-order valence-corrected chi connectivity index (χ1v) is 19.8. The topological polar surface area (TPSA) is 186 Å². The fourth-order valence-electron chi connectivity index (χ4n) is 9.63. The van der Waals surface area contributed by atoms with Crippen molar-refractivity contribution in [1.29, 1.82) is 0 Å². The zero-order valence-electron chi connectivity index (χ0n) is 33.2. The number of Topliss-reactive ketones (excluding diaryl/α,β-unsaturated/α-hetero) is 1. The van der Waals surface area contributed by atoms with Gasteiger partial charge in [-0.3, -0.25) is 19.2 Å².